The van der Waals surface area contributed by atoms with Crippen molar-refractivity contribution in [3.8, 4) is 0 Å². The first-order valence-electron chi connectivity index (χ1n) is 6.30. The molecule has 1 aliphatic heterocycles. The summed E-state index contributed by atoms with van der Waals surface area (Å²) >= 11 is 3.46. The summed E-state index contributed by atoms with van der Waals surface area (Å²) in [7, 11) is 0. The van der Waals surface area contributed by atoms with E-state index in [-0.39, 0.29) is 0 Å². The third kappa shape index (κ3) is 2.18. The fraction of sp³-hybridized carbons (Fsp3) is 0.500. The second-order valence-electron chi connectivity index (χ2n) is 5.09. The Hall–Kier alpha value is -0.670. The molecule has 1 saturated heterocycles. The third-order valence-electron chi connectivity index (χ3n) is 3.88. The molecule has 0 unspecified atom stereocenters. The average Bonchev–Trinajstić information content (AvgIpc) is 2.76. The van der Waals surface area contributed by atoms with Crippen LogP contribution in [0.25, 0.3) is 5.57 Å². The molecule has 1 N–H and O–H groups in total. The van der Waals surface area contributed by atoms with Crippen molar-refractivity contribution in [1.82, 2.24) is 10.3 Å². The molecule has 0 spiro atoms. The van der Waals surface area contributed by atoms with E-state index in [2.05, 4.69) is 45.3 Å². The fourth-order valence-electron chi connectivity index (χ4n) is 2.91. The first kappa shape index (κ1) is 11.4. The van der Waals surface area contributed by atoms with Gasteiger partial charge in [0.1, 0.15) is 4.60 Å². The maximum absolute atomic E-state index is 4.40. The van der Waals surface area contributed by atoms with Crippen LogP contribution < -0.4 is 5.32 Å². The lowest BCUT2D eigenvalue weighted by Gasteiger charge is -2.25. The number of aromatic nitrogens is 1. The van der Waals surface area contributed by atoms with Crippen LogP contribution in [0.2, 0.25) is 0 Å². The second-order valence-corrected chi connectivity index (χ2v) is 5.85. The van der Waals surface area contributed by atoms with Crippen LogP contribution in [0.5, 0.6) is 0 Å². The Balaban J connectivity index is 1.87. The Morgan fingerprint density at radius 1 is 1.47 bits per heavy atom. The number of halogens is 1. The molecule has 1 aliphatic carbocycles. The van der Waals surface area contributed by atoms with Gasteiger partial charge in [-0.2, -0.15) is 0 Å². The van der Waals surface area contributed by atoms with Gasteiger partial charge >= 0.3 is 0 Å². The normalized spacial score (nSPS) is 27.8. The quantitative estimate of drug-likeness (QED) is 0.804. The Kier molecular flexibility index (Phi) is 3.05. The van der Waals surface area contributed by atoms with Crippen molar-refractivity contribution < 1.29 is 0 Å². The van der Waals surface area contributed by atoms with Crippen LogP contribution >= 0.6 is 15.9 Å². The molecule has 17 heavy (non-hydrogen) atoms. The number of fused-ring (bicyclic) bond motifs is 1. The number of aryl methyl sites for hydroxylation is 1. The number of rotatable bonds is 1. The number of nitrogens with zero attached hydrogens (tertiary/aromatic N) is 1. The summed E-state index contributed by atoms with van der Waals surface area (Å²) in [5.41, 5.74) is 3.98. The van der Waals surface area contributed by atoms with E-state index in [1.807, 2.05) is 6.20 Å². The molecule has 3 rings (SSSR count). The summed E-state index contributed by atoms with van der Waals surface area (Å²) in [4.78, 5) is 4.40. The summed E-state index contributed by atoms with van der Waals surface area (Å²) in [5.74, 6) is 0.739. The smallest absolute Gasteiger partial charge is 0.109 e. The predicted molar refractivity (Wildman–Crippen MR) is 73.8 cm³/mol. The monoisotopic (exact) mass is 292 g/mol. The summed E-state index contributed by atoms with van der Waals surface area (Å²) in [6, 6.07) is 2.91. The number of pyridine rings is 1. The van der Waals surface area contributed by atoms with Crippen molar-refractivity contribution in [1.29, 1.82) is 0 Å². The highest BCUT2D eigenvalue weighted by Crippen LogP contribution is 2.36. The van der Waals surface area contributed by atoms with Gasteiger partial charge in [-0.25, -0.2) is 4.98 Å². The van der Waals surface area contributed by atoms with Gasteiger partial charge in [0.15, 0.2) is 0 Å². The first-order valence-corrected chi connectivity index (χ1v) is 7.10. The molecule has 1 aromatic heterocycles. The molecule has 2 nitrogen and oxygen atoms in total. The van der Waals surface area contributed by atoms with Gasteiger partial charge in [0.25, 0.3) is 0 Å². The molecular weight excluding hydrogens is 276 g/mol. The van der Waals surface area contributed by atoms with Crippen LogP contribution in [-0.2, 0) is 0 Å². The van der Waals surface area contributed by atoms with Crippen LogP contribution in [0.1, 0.15) is 30.4 Å². The van der Waals surface area contributed by atoms with Crippen LogP contribution in [0.3, 0.4) is 0 Å². The van der Waals surface area contributed by atoms with Gasteiger partial charge in [-0.1, -0.05) is 6.08 Å². The summed E-state index contributed by atoms with van der Waals surface area (Å²) in [6.45, 7) is 3.28. The number of hydrogen-bond donors (Lipinski definition) is 1. The van der Waals surface area contributed by atoms with Crippen molar-refractivity contribution >= 4 is 21.5 Å². The first-order chi connectivity index (χ1) is 8.24. The van der Waals surface area contributed by atoms with E-state index in [4.69, 9.17) is 0 Å². The van der Waals surface area contributed by atoms with Crippen LogP contribution in [0.15, 0.2) is 22.9 Å². The molecule has 2 atom stereocenters. The molecular formula is C14H17BrN2. The number of piperidine rings is 1. The number of nitrogens with one attached hydrogen (secondary N) is 1. The molecule has 0 saturated carbocycles. The molecule has 1 aromatic rings. The third-order valence-corrected chi connectivity index (χ3v) is 4.71. The lowest BCUT2D eigenvalue weighted by molar-refractivity contribution is 0.348. The van der Waals surface area contributed by atoms with Gasteiger partial charge in [0, 0.05) is 12.2 Å². The summed E-state index contributed by atoms with van der Waals surface area (Å²) in [5, 5.41) is 3.63. The zero-order valence-corrected chi connectivity index (χ0v) is 11.6. The minimum atomic E-state index is 0.669. The maximum atomic E-state index is 4.40. The largest absolute Gasteiger partial charge is 0.313 e. The molecule has 90 valence electrons. The molecule has 1 fully saturated rings. The topological polar surface area (TPSA) is 24.9 Å². The van der Waals surface area contributed by atoms with E-state index < -0.39 is 0 Å². The van der Waals surface area contributed by atoms with E-state index in [9.17, 15) is 0 Å². The highest BCUT2D eigenvalue weighted by molar-refractivity contribution is 9.10. The minimum Gasteiger partial charge on any atom is -0.313 e. The highest BCUT2D eigenvalue weighted by atomic mass is 79.9. The van der Waals surface area contributed by atoms with Crippen molar-refractivity contribution in [3.63, 3.8) is 0 Å². The SMILES string of the molecule is Cc1cc(C2=C[C@@H]3CCCN[C@@H]3C2)cnc1Br. The molecule has 2 aliphatic rings. The van der Waals surface area contributed by atoms with Gasteiger partial charge in [0.05, 0.1) is 0 Å². The molecule has 0 amide bonds. The highest BCUT2D eigenvalue weighted by Gasteiger charge is 2.29. The molecule has 2 heterocycles. The summed E-state index contributed by atoms with van der Waals surface area (Å²) in [6.07, 6.45) is 8.25. The van der Waals surface area contributed by atoms with Gasteiger partial charge < -0.3 is 5.32 Å². The molecule has 0 bridgehead atoms. The summed E-state index contributed by atoms with van der Waals surface area (Å²) < 4.78 is 0.954. The molecule has 3 heteroatoms. The van der Waals surface area contributed by atoms with Gasteiger partial charge in [-0.15, -0.1) is 0 Å². The van der Waals surface area contributed by atoms with Gasteiger partial charge in [-0.3, -0.25) is 0 Å². The van der Waals surface area contributed by atoms with Crippen molar-refractivity contribution in [2.75, 3.05) is 6.54 Å². The van der Waals surface area contributed by atoms with E-state index in [0.717, 1.165) is 16.9 Å². The average molecular weight is 293 g/mol. The zero-order valence-electron chi connectivity index (χ0n) is 10.0. The lowest BCUT2D eigenvalue weighted by atomic mass is 9.94. The van der Waals surface area contributed by atoms with Crippen molar-refractivity contribution in [3.05, 3.63) is 34.1 Å². The van der Waals surface area contributed by atoms with Crippen LogP contribution in [0.4, 0.5) is 0 Å². The van der Waals surface area contributed by atoms with Gasteiger partial charge in [-0.05, 0) is 77.3 Å². The van der Waals surface area contributed by atoms with E-state index in [1.165, 1.54) is 36.1 Å². The predicted octanol–water partition coefficient (Wildman–Crippen LogP) is 3.31. The Morgan fingerprint density at radius 3 is 3.12 bits per heavy atom. The van der Waals surface area contributed by atoms with Crippen molar-refractivity contribution in [2.45, 2.75) is 32.2 Å². The van der Waals surface area contributed by atoms with Crippen LogP contribution in [0, 0.1) is 12.8 Å². The lowest BCUT2D eigenvalue weighted by Crippen LogP contribution is -2.37. The van der Waals surface area contributed by atoms with E-state index in [0.29, 0.717) is 6.04 Å². The number of hydrogen-bond acceptors (Lipinski definition) is 2. The van der Waals surface area contributed by atoms with Crippen molar-refractivity contribution in [2.24, 2.45) is 5.92 Å². The molecule has 0 radical (unpaired) electrons. The van der Waals surface area contributed by atoms with Crippen LogP contribution in [-0.4, -0.2) is 17.6 Å². The Bertz CT molecular complexity index is 467. The maximum Gasteiger partial charge on any atom is 0.109 e. The van der Waals surface area contributed by atoms with E-state index >= 15 is 0 Å². The zero-order chi connectivity index (χ0) is 11.8. The molecule has 0 aromatic carbocycles. The van der Waals surface area contributed by atoms with Gasteiger partial charge in [0.2, 0.25) is 0 Å². The fourth-order valence-corrected chi connectivity index (χ4v) is 3.13. The Morgan fingerprint density at radius 2 is 2.35 bits per heavy atom. The van der Waals surface area contributed by atoms with E-state index in [1.54, 1.807) is 0 Å². The minimum absolute atomic E-state index is 0.669. The Labute approximate surface area is 111 Å². The second kappa shape index (κ2) is 4.54. The standard InChI is InChI=1S/C14H17BrN2/c1-9-5-12(8-17-14(9)15)11-6-10-3-2-4-16-13(10)7-11/h5-6,8,10,13,16H,2-4,7H2,1H3/t10-,13+/m0/s1.